The molecule has 3 heterocycles. The van der Waals surface area contributed by atoms with Crippen LogP contribution in [0.4, 0.5) is 0 Å². The molecule has 0 radical (unpaired) electrons. The molecule has 2 aliphatic rings. The van der Waals surface area contributed by atoms with Crippen LogP contribution < -0.4 is 10.9 Å². The zero-order valence-corrected chi connectivity index (χ0v) is 15.8. The Labute approximate surface area is 159 Å². The number of carbonyl (C=O) groups excluding carboxylic acids is 1. The van der Waals surface area contributed by atoms with Crippen molar-refractivity contribution in [3.8, 4) is 0 Å². The van der Waals surface area contributed by atoms with E-state index in [-0.39, 0.29) is 5.91 Å². The minimum absolute atomic E-state index is 0.0760. The highest BCUT2D eigenvalue weighted by atomic mass is 16.3. The summed E-state index contributed by atoms with van der Waals surface area (Å²) in [6.07, 6.45) is 3.50. The molecule has 7 nitrogen and oxygen atoms in total. The Morgan fingerprint density at radius 2 is 2.07 bits per heavy atom. The number of hydrazine groups is 1. The van der Waals surface area contributed by atoms with Gasteiger partial charge in [0.1, 0.15) is 6.26 Å². The van der Waals surface area contributed by atoms with Crippen LogP contribution in [0.5, 0.6) is 0 Å². The molecular formula is C20H27N5O2. The summed E-state index contributed by atoms with van der Waals surface area (Å²) in [5, 5.41) is 0. The Balaban J connectivity index is 1.31. The summed E-state index contributed by atoms with van der Waals surface area (Å²) in [5.74, 6) is 1.10. The number of oxazole rings is 1. The number of aromatic nitrogens is 1. The molecule has 27 heavy (non-hydrogen) atoms. The Morgan fingerprint density at radius 3 is 2.89 bits per heavy atom. The van der Waals surface area contributed by atoms with E-state index >= 15 is 0 Å². The highest BCUT2D eigenvalue weighted by Crippen LogP contribution is 2.20. The van der Waals surface area contributed by atoms with E-state index in [0.717, 1.165) is 45.6 Å². The van der Waals surface area contributed by atoms with Crippen LogP contribution in [0.3, 0.4) is 0 Å². The summed E-state index contributed by atoms with van der Waals surface area (Å²) in [6.45, 7) is 5.13. The van der Waals surface area contributed by atoms with E-state index in [0.29, 0.717) is 24.0 Å². The number of hydrogen-bond acceptors (Lipinski definition) is 6. The van der Waals surface area contributed by atoms with Crippen molar-refractivity contribution in [2.45, 2.75) is 25.9 Å². The summed E-state index contributed by atoms with van der Waals surface area (Å²) in [4.78, 5) is 21.1. The second kappa shape index (κ2) is 8.21. The van der Waals surface area contributed by atoms with Gasteiger partial charge in [-0.15, -0.1) is 0 Å². The maximum absolute atomic E-state index is 12.6. The van der Waals surface area contributed by atoms with Gasteiger partial charge in [0, 0.05) is 39.8 Å². The van der Waals surface area contributed by atoms with Crippen LogP contribution in [0, 0.1) is 5.92 Å². The van der Waals surface area contributed by atoms with Gasteiger partial charge in [-0.3, -0.25) is 20.5 Å². The number of nitrogens with one attached hydrogen (secondary N) is 2. The summed E-state index contributed by atoms with van der Waals surface area (Å²) < 4.78 is 5.58. The maximum atomic E-state index is 12.6. The van der Waals surface area contributed by atoms with Crippen molar-refractivity contribution in [1.82, 2.24) is 25.6 Å². The molecule has 2 N–H and O–H groups in total. The third-order valence-electron chi connectivity index (χ3n) is 5.47. The standard InChI is InChI=1S/C20H27N5O2/c1-24(8-6-15-10-21-22-11-15)20(26)18-14-27-19(23-18)13-25-9-7-16-4-2-3-5-17(16)12-25/h2-5,14-15,21-22H,6-13H2,1H3. The summed E-state index contributed by atoms with van der Waals surface area (Å²) in [7, 11) is 1.83. The van der Waals surface area contributed by atoms with Gasteiger partial charge in [0.2, 0.25) is 5.89 Å². The summed E-state index contributed by atoms with van der Waals surface area (Å²) in [5.41, 5.74) is 9.42. The van der Waals surface area contributed by atoms with E-state index < -0.39 is 0 Å². The smallest absolute Gasteiger partial charge is 0.275 e. The number of fused-ring (bicyclic) bond motifs is 1. The van der Waals surface area contributed by atoms with Crippen LogP contribution in [0.25, 0.3) is 0 Å². The molecule has 0 unspecified atom stereocenters. The predicted molar refractivity (Wildman–Crippen MR) is 102 cm³/mol. The monoisotopic (exact) mass is 369 g/mol. The molecule has 0 atom stereocenters. The van der Waals surface area contributed by atoms with Gasteiger partial charge in [0.15, 0.2) is 5.69 Å². The van der Waals surface area contributed by atoms with Gasteiger partial charge >= 0.3 is 0 Å². The molecule has 2 aliphatic heterocycles. The Bertz CT molecular complexity index is 784. The van der Waals surface area contributed by atoms with Gasteiger partial charge in [-0.25, -0.2) is 4.98 Å². The maximum Gasteiger partial charge on any atom is 0.275 e. The fraction of sp³-hybridized carbons (Fsp3) is 0.500. The van der Waals surface area contributed by atoms with Crippen LogP contribution >= 0.6 is 0 Å². The molecular weight excluding hydrogens is 342 g/mol. The number of carbonyl (C=O) groups is 1. The number of amides is 1. The first-order valence-electron chi connectivity index (χ1n) is 9.64. The van der Waals surface area contributed by atoms with E-state index in [2.05, 4.69) is 45.0 Å². The average molecular weight is 369 g/mol. The van der Waals surface area contributed by atoms with Crippen LogP contribution in [0.15, 0.2) is 34.9 Å². The first-order chi connectivity index (χ1) is 13.2. The lowest BCUT2D eigenvalue weighted by atomic mass is 10.00. The Hall–Kier alpha value is -2.22. The van der Waals surface area contributed by atoms with Gasteiger partial charge in [-0.05, 0) is 29.9 Å². The van der Waals surface area contributed by atoms with Gasteiger partial charge in [0.25, 0.3) is 5.91 Å². The molecule has 144 valence electrons. The number of nitrogens with zero attached hydrogens (tertiary/aromatic N) is 3. The summed E-state index contributed by atoms with van der Waals surface area (Å²) >= 11 is 0. The quantitative estimate of drug-likeness (QED) is 0.802. The van der Waals surface area contributed by atoms with Crippen LogP contribution in [0.1, 0.15) is 33.9 Å². The van der Waals surface area contributed by atoms with E-state index in [9.17, 15) is 4.79 Å². The topological polar surface area (TPSA) is 73.6 Å². The average Bonchev–Trinajstić information content (AvgIpc) is 3.37. The van der Waals surface area contributed by atoms with Gasteiger partial charge in [0.05, 0.1) is 6.54 Å². The zero-order chi connectivity index (χ0) is 18.6. The third kappa shape index (κ3) is 4.37. The van der Waals surface area contributed by atoms with Crippen molar-refractivity contribution < 1.29 is 9.21 Å². The van der Waals surface area contributed by atoms with Crippen molar-refractivity contribution in [3.05, 3.63) is 53.2 Å². The largest absolute Gasteiger partial charge is 0.447 e. The van der Waals surface area contributed by atoms with E-state index in [4.69, 9.17) is 4.42 Å². The predicted octanol–water partition coefficient (Wildman–Crippen LogP) is 1.42. The van der Waals surface area contributed by atoms with E-state index in [1.807, 2.05) is 7.05 Å². The van der Waals surface area contributed by atoms with Crippen molar-refractivity contribution in [2.75, 3.05) is 33.2 Å². The molecule has 0 bridgehead atoms. The van der Waals surface area contributed by atoms with Crippen molar-refractivity contribution in [1.29, 1.82) is 0 Å². The molecule has 0 spiro atoms. The number of benzene rings is 1. The third-order valence-corrected chi connectivity index (χ3v) is 5.47. The van der Waals surface area contributed by atoms with Gasteiger partial charge in [-0.1, -0.05) is 24.3 Å². The molecule has 2 aromatic rings. The summed E-state index contributed by atoms with van der Waals surface area (Å²) in [6, 6.07) is 8.55. The van der Waals surface area contributed by atoms with E-state index in [1.54, 1.807) is 4.90 Å². The fourth-order valence-electron chi connectivity index (χ4n) is 3.74. The fourth-order valence-corrected chi connectivity index (χ4v) is 3.74. The first-order valence-corrected chi connectivity index (χ1v) is 9.64. The second-order valence-electron chi connectivity index (χ2n) is 7.50. The lowest BCUT2D eigenvalue weighted by Crippen LogP contribution is -2.31. The van der Waals surface area contributed by atoms with Crippen LogP contribution in [0.2, 0.25) is 0 Å². The molecule has 4 rings (SSSR count). The lowest BCUT2D eigenvalue weighted by molar-refractivity contribution is 0.0782. The minimum atomic E-state index is -0.0760. The molecule has 7 heteroatoms. The molecule has 1 amide bonds. The molecule has 0 aliphatic carbocycles. The lowest BCUT2D eigenvalue weighted by Gasteiger charge is -2.27. The molecule has 1 aromatic heterocycles. The molecule has 1 aromatic carbocycles. The minimum Gasteiger partial charge on any atom is -0.447 e. The normalized spacial score (nSPS) is 17.8. The highest BCUT2D eigenvalue weighted by Gasteiger charge is 2.22. The SMILES string of the molecule is CN(CCC1CNNC1)C(=O)c1coc(CN2CCc3ccccc3C2)n1. The number of hydrogen-bond donors (Lipinski definition) is 2. The van der Waals surface area contributed by atoms with Crippen LogP contribution in [-0.2, 0) is 19.5 Å². The molecule has 1 saturated heterocycles. The zero-order valence-electron chi connectivity index (χ0n) is 15.8. The van der Waals surface area contributed by atoms with Crippen molar-refractivity contribution in [3.63, 3.8) is 0 Å². The van der Waals surface area contributed by atoms with Crippen molar-refractivity contribution in [2.24, 2.45) is 5.92 Å². The molecule has 0 saturated carbocycles. The Morgan fingerprint density at radius 1 is 1.30 bits per heavy atom. The highest BCUT2D eigenvalue weighted by molar-refractivity contribution is 5.91. The second-order valence-corrected chi connectivity index (χ2v) is 7.50. The number of rotatable bonds is 6. The van der Waals surface area contributed by atoms with Crippen molar-refractivity contribution >= 4 is 5.91 Å². The van der Waals surface area contributed by atoms with Gasteiger partial charge in [-0.2, -0.15) is 0 Å². The van der Waals surface area contributed by atoms with Crippen LogP contribution in [-0.4, -0.2) is 53.9 Å². The molecule has 1 fully saturated rings. The van der Waals surface area contributed by atoms with Gasteiger partial charge < -0.3 is 9.32 Å². The first kappa shape index (κ1) is 18.2. The van der Waals surface area contributed by atoms with E-state index in [1.165, 1.54) is 17.4 Å². The Kier molecular flexibility index (Phi) is 5.52.